The Morgan fingerprint density at radius 3 is 2.89 bits per heavy atom. The van der Waals surface area contributed by atoms with Crippen molar-refractivity contribution in [1.29, 1.82) is 0 Å². The van der Waals surface area contributed by atoms with Crippen LogP contribution in [0.2, 0.25) is 0 Å². The lowest BCUT2D eigenvalue weighted by Gasteiger charge is -2.10. The molecule has 0 aliphatic heterocycles. The van der Waals surface area contributed by atoms with Crippen LogP contribution in [-0.2, 0) is 6.54 Å². The third-order valence-electron chi connectivity index (χ3n) is 4.24. The van der Waals surface area contributed by atoms with Crippen LogP contribution in [0.1, 0.15) is 37.7 Å². The molecule has 1 heterocycles. The Labute approximate surface area is 115 Å². The molecule has 1 fully saturated rings. The second-order valence-electron chi connectivity index (χ2n) is 5.67. The summed E-state index contributed by atoms with van der Waals surface area (Å²) >= 11 is 0. The molecule has 19 heavy (non-hydrogen) atoms. The first-order valence-electron chi connectivity index (χ1n) is 7.45. The van der Waals surface area contributed by atoms with Crippen molar-refractivity contribution in [3.8, 4) is 0 Å². The molecule has 1 aliphatic carbocycles. The van der Waals surface area contributed by atoms with Gasteiger partial charge in [-0.05, 0) is 42.0 Å². The summed E-state index contributed by atoms with van der Waals surface area (Å²) in [7, 11) is 0. The number of benzene rings is 1. The third kappa shape index (κ3) is 3.32. The minimum absolute atomic E-state index is 0.977. The molecule has 1 aromatic carbocycles. The van der Waals surface area contributed by atoms with Gasteiger partial charge in [0.25, 0.3) is 0 Å². The largest absolute Gasteiger partial charge is 0.313 e. The van der Waals surface area contributed by atoms with Crippen molar-refractivity contribution in [2.24, 2.45) is 5.92 Å². The van der Waals surface area contributed by atoms with Crippen LogP contribution in [0.25, 0.3) is 10.8 Å². The fraction of sp³-hybridized carbons (Fsp3) is 0.471. The molecule has 1 N–H and O–H groups in total. The van der Waals surface area contributed by atoms with Gasteiger partial charge in [-0.25, -0.2) is 0 Å². The number of hydrogen-bond donors (Lipinski definition) is 1. The maximum atomic E-state index is 4.15. The summed E-state index contributed by atoms with van der Waals surface area (Å²) in [5, 5.41) is 6.08. The lowest BCUT2D eigenvalue weighted by Crippen LogP contribution is -2.16. The third-order valence-corrected chi connectivity index (χ3v) is 4.24. The summed E-state index contributed by atoms with van der Waals surface area (Å²) in [5.41, 5.74) is 1.37. The highest BCUT2D eigenvalue weighted by Gasteiger charge is 2.13. The van der Waals surface area contributed by atoms with Gasteiger partial charge < -0.3 is 5.32 Å². The van der Waals surface area contributed by atoms with E-state index in [0.29, 0.717) is 0 Å². The normalized spacial score (nSPS) is 16.2. The van der Waals surface area contributed by atoms with Gasteiger partial charge in [0, 0.05) is 24.3 Å². The smallest absolute Gasteiger partial charge is 0.0346 e. The van der Waals surface area contributed by atoms with Crippen LogP contribution >= 0.6 is 0 Å². The maximum Gasteiger partial charge on any atom is 0.0346 e. The number of hydrogen-bond acceptors (Lipinski definition) is 2. The number of aromatic nitrogens is 1. The summed E-state index contributed by atoms with van der Waals surface area (Å²) < 4.78 is 0. The van der Waals surface area contributed by atoms with Crippen LogP contribution in [0.4, 0.5) is 0 Å². The molecule has 100 valence electrons. The van der Waals surface area contributed by atoms with E-state index >= 15 is 0 Å². The molecule has 3 rings (SSSR count). The van der Waals surface area contributed by atoms with Gasteiger partial charge in [-0.1, -0.05) is 37.8 Å². The standard InChI is InChI=1S/C17H22N2/c1-2-4-14(3-1)7-9-18-12-15-5-6-17-13-19-10-8-16(17)11-15/h5-6,8,10-11,13-14,18H,1-4,7,9,12H2. The van der Waals surface area contributed by atoms with E-state index in [-0.39, 0.29) is 0 Å². The minimum Gasteiger partial charge on any atom is -0.313 e. The van der Waals surface area contributed by atoms with Gasteiger partial charge in [-0.2, -0.15) is 0 Å². The number of fused-ring (bicyclic) bond motifs is 1. The van der Waals surface area contributed by atoms with Gasteiger partial charge in [-0.15, -0.1) is 0 Å². The van der Waals surface area contributed by atoms with E-state index in [1.165, 1.54) is 48.4 Å². The Bertz CT molecular complexity index is 530. The molecule has 0 radical (unpaired) electrons. The molecule has 0 atom stereocenters. The highest BCUT2D eigenvalue weighted by molar-refractivity contribution is 5.81. The van der Waals surface area contributed by atoms with E-state index < -0.39 is 0 Å². The average molecular weight is 254 g/mol. The zero-order valence-corrected chi connectivity index (χ0v) is 11.4. The van der Waals surface area contributed by atoms with Crippen molar-refractivity contribution in [2.45, 2.75) is 38.6 Å². The van der Waals surface area contributed by atoms with Crippen molar-refractivity contribution < 1.29 is 0 Å². The summed E-state index contributed by atoms with van der Waals surface area (Å²) in [5.74, 6) is 0.982. The number of nitrogens with one attached hydrogen (secondary N) is 1. The molecular weight excluding hydrogens is 232 g/mol. The SMILES string of the molecule is c1cc2cc(CNCCC3CCCC3)ccc2cn1. The average Bonchev–Trinajstić information content (AvgIpc) is 2.97. The predicted molar refractivity (Wildman–Crippen MR) is 80.0 cm³/mol. The molecule has 1 aliphatic rings. The Kier molecular flexibility index (Phi) is 4.09. The van der Waals surface area contributed by atoms with Crippen molar-refractivity contribution in [2.75, 3.05) is 6.54 Å². The molecule has 0 unspecified atom stereocenters. The lowest BCUT2D eigenvalue weighted by molar-refractivity contribution is 0.477. The predicted octanol–water partition coefficient (Wildman–Crippen LogP) is 3.90. The maximum absolute atomic E-state index is 4.15. The number of rotatable bonds is 5. The van der Waals surface area contributed by atoms with E-state index in [9.17, 15) is 0 Å². The first-order valence-corrected chi connectivity index (χ1v) is 7.45. The molecule has 0 bridgehead atoms. The number of pyridine rings is 1. The topological polar surface area (TPSA) is 24.9 Å². The Balaban J connectivity index is 1.50. The molecule has 0 amide bonds. The summed E-state index contributed by atoms with van der Waals surface area (Å²) in [6, 6.07) is 8.71. The van der Waals surface area contributed by atoms with E-state index in [1.807, 2.05) is 12.4 Å². The monoisotopic (exact) mass is 254 g/mol. The molecule has 2 nitrogen and oxygen atoms in total. The summed E-state index contributed by atoms with van der Waals surface area (Å²) in [4.78, 5) is 4.15. The van der Waals surface area contributed by atoms with Crippen LogP contribution in [0.5, 0.6) is 0 Å². The molecule has 0 saturated heterocycles. The van der Waals surface area contributed by atoms with E-state index in [4.69, 9.17) is 0 Å². The quantitative estimate of drug-likeness (QED) is 0.818. The fourth-order valence-corrected chi connectivity index (χ4v) is 3.08. The highest BCUT2D eigenvalue weighted by atomic mass is 14.8. The van der Waals surface area contributed by atoms with Crippen LogP contribution in [-0.4, -0.2) is 11.5 Å². The number of nitrogens with zero attached hydrogens (tertiary/aromatic N) is 1. The zero-order chi connectivity index (χ0) is 12.9. The Hall–Kier alpha value is -1.41. The van der Waals surface area contributed by atoms with Gasteiger partial charge in [0.05, 0.1) is 0 Å². The van der Waals surface area contributed by atoms with Crippen LogP contribution in [0.3, 0.4) is 0 Å². The molecule has 1 saturated carbocycles. The van der Waals surface area contributed by atoms with Gasteiger partial charge >= 0.3 is 0 Å². The van der Waals surface area contributed by atoms with Gasteiger partial charge in [0.15, 0.2) is 0 Å². The lowest BCUT2D eigenvalue weighted by atomic mass is 10.0. The summed E-state index contributed by atoms with van der Waals surface area (Å²) in [6.07, 6.45) is 10.9. The Morgan fingerprint density at radius 2 is 2.00 bits per heavy atom. The molecule has 0 spiro atoms. The van der Waals surface area contributed by atoms with Crippen molar-refractivity contribution in [3.05, 3.63) is 42.2 Å². The van der Waals surface area contributed by atoms with E-state index in [0.717, 1.165) is 19.0 Å². The first kappa shape index (κ1) is 12.6. The minimum atomic E-state index is 0.977. The molecular formula is C17H22N2. The van der Waals surface area contributed by atoms with Crippen molar-refractivity contribution in [1.82, 2.24) is 10.3 Å². The molecule has 1 aromatic heterocycles. The Morgan fingerprint density at radius 1 is 1.11 bits per heavy atom. The van der Waals surface area contributed by atoms with Crippen molar-refractivity contribution in [3.63, 3.8) is 0 Å². The zero-order valence-electron chi connectivity index (χ0n) is 11.4. The fourth-order valence-electron chi connectivity index (χ4n) is 3.08. The van der Waals surface area contributed by atoms with Gasteiger partial charge in [0.1, 0.15) is 0 Å². The van der Waals surface area contributed by atoms with Gasteiger partial charge in [-0.3, -0.25) is 4.98 Å². The molecule has 2 aromatic rings. The second kappa shape index (κ2) is 6.16. The van der Waals surface area contributed by atoms with Crippen LogP contribution in [0.15, 0.2) is 36.7 Å². The first-order chi connectivity index (χ1) is 9.42. The van der Waals surface area contributed by atoms with Gasteiger partial charge in [0.2, 0.25) is 0 Å². The highest BCUT2D eigenvalue weighted by Crippen LogP contribution is 2.26. The van der Waals surface area contributed by atoms with Crippen molar-refractivity contribution >= 4 is 10.8 Å². The van der Waals surface area contributed by atoms with E-state index in [2.05, 4.69) is 34.6 Å². The van der Waals surface area contributed by atoms with E-state index in [1.54, 1.807) is 0 Å². The summed E-state index contributed by atoms with van der Waals surface area (Å²) in [6.45, 7) is 2.13. The molecule has 2 heteroatoms. The van der Waals surface area contributed by atoms with Crippen LogP contribution in [0, 0.1) is 5.92 Å². The van der Waals surface area contributed by atoms with Crippen LogP contribution < -0.4 is 5.32 Å². The second-order valence-corrected chi connectivity index (χ2v) is 5.67.